The maximum Gasteiger partial charge on any atom is 0.180 e. The zero-order chi connectivity index (χ0) is 22.9. The van der Waals surface area contributed by atoms with Crippen molar-refractivity contribution < 1.29 is 0 Å². The summed E-state index contributed by atoms with van der Waals surface area (Å²) in [6.07, 6.45) is 10.9. The molecule has 34 heavy (non-hydrogen) atoms. The van der Waals surface area contributed by atoms with Crippen LogP contribution in [-0.2, 0) is 6.54 Å². The third-order valence-corrected chi connectivity index (χ3v) is 6.28. The molecular formula is C25H23BN8. The molecule has 0 unspecified atom stereocenters. The molecule has 4 aromatic heterocycles. The van der Waals surface area contributed by atoms with Crippen LogP contribution in [0.1, 0.15) is 5.56 Å². The summed E-state index contributed by atoms with van der Waals surface area (Å²) >= 11 is 0. The first kappa shape index (κ1) is 20.6. The third-order valence-electron chi connectivity index (χ3n) is 6.28. The van der Waals surface area contributed by atoms with Crippen LogP contribution in [0.4, 0.5) is 5.69 Å². The maximum absolute atomic E-state index is 6.42. The van der Waals surface area contributed by atoms with Crippen LogP contribution in [0.5, 0.6) is 0 Å². The molecule has 8 nitrogen and oxygen atoms in total. The van der Waals surface area contributed by atoms with E-state index in [1.165, 1.54) is 5.56 Å². The number of aromatic amines is 1. The Hall–Kier alpha value is -3.98. The minimum atomic E-state index is 0.666. The minimum Gasteiger partial charge on any atom is -0.368 e. The van der Waals surface area contributed by atoms with Crippen molar-refractivity contribution in [2.45, 2.75) is 6.54 Å². The molecule has 5 aromatic rings. The van der Waals surface area contributed by atoms with Gasteiger partial charge in [0.1, 0.15) is 19.2 Å². The Morgan fingerprint density at radius 1 is 0.941 bits per heavy atom. The van der Waals surface area contributed by atoms with Crippen LogP contribution < -0.4 is 10.4 Å². The van der Waals surface area contributed by atoms with Crippen LogP contribution in [0.2, 0.25) is 0 Å². The van der Waals surface area contributed by atoms with E-state index in [9.17, 15) is 0 Å². The summed E-state index contributed by atoms with van der Waals surface area (Å²) in [5.74, 6) is 0.779. The Balaban J connectivity index is 1.24. The predicted molar refractivity (Wildman–Crippen MR) is 134 cm³/mol. The van der Waals surface area contributed by atoms with Gasteiger partial charge in [0.2, 0.25) is 0 Å². The summed E-state index contributed by atoms with van der Waals surface area (Å²) in [5.41, 5.74) is 6.49. The SMILES string of the molecule is [B]c1cnc2nc(-c3ccc(-n4ccnc4)cc3)[nH]c2c1N1CCN(Cc2cccnc2)CC1. The zero-order valence-electron chi connectivity index (χ0n) is 18.7. The van der Waals surface area contributed by atoms with E-state index in [1.54, 1.807) is 18.7 Å². The number of hydrogen-bond acceptors (Lipinski definition) is 6. The molecule has 0 amide bonds. The number of nitrogens with zero attached hydrogens (tertiary/aromatic N) is 7. The van der Waals surface area contributed by atoms with Crippen molar-refractivity contribution in [2.75, 3.05) is 31.1 Å². The van der Waals surface area contributed by atoms with E-state index in [1.807, 2.05) is 53.5 Å². The smallest absolute Gasteiger partial charge is 0.180 e. The lowest BCUT2D eigenvalue weighted by atomic mass is 9.95. The van der Waals surface area contributed by atoms with E-state index in [4.69, 9.17) is 12.8 Å². The lowest BCUT2D eigenvalue weighted by Gasteiger charge is -2.37. The standard InChI is InChI=1S/C25H23BN8/c26-21-15-29-25-22(23(21)33-12-10-32(11-13-33)16-18-2-1-7-27-14-18)30-24(31-25)19-3-5-20(6-4-19)34-9-8-28-17-34/h1-9,14-15,17H,10-13,16H2,(H,29,30,31). The lowest BCUT2D eigenvalue weighted by Crippen LogP contribution is -2.47. The van der Waals surface area contributed by atoms with Gasteiger partial charge < -0.3 is 14.5 Å². The fraction of sp³-hybridized carbons (Fsp3) is 0.200. The molecule has 1 saturated heterocycles. The molecule has 0 spiro atoms. The average molecular weight is 446 g/mol. The second kappa shape index (κ2) is 8.76. The number of rotatable bonds is 5. The van der Waals surface area contributed by atoms with E-state index in [-0.39, 0.29) is 0 Å². The quantitative estimate of drug-likeness (QED) is 0.418. The van der Waals surface area contributed by atoms with Crippen LogP contribution in [-0.4, -0.2) is 68.4 Å². The molecule has 0 aliphatic carbocycles. The van der Waals surface area contributed by atoms with Gasteiger partial charge in [-0.2, -0.15) is 0 Å². The minimum absolute atomic E-state index is 0.666. The summed E-state index contributed by atoms with van der Waals surface area (Å²) in [6, 6.07) is 12.3. The van der Waals surface area contributed by atoms with Gasteiger partial charge in [0.05, 0.1) is 12.0 Å². The first-order chi connectivity index (χ1) is 16.7. The summed E-state index contributed by atoms with van der Waals surface area (Å²) in [5, 5.41) is 0. The summed E-state index contributed by atoms with van der Waals surface area (Å²) < 4.78 is 1.97. The highest BCUT2D eigenvalue weighted by atomic mass is 15.3. The second-order valence-electron chi connectivity index (χ2n) is 8.49. The van der Waals surface area contributed by atoms with Crippen molar-refractivity contribution in [3.63, 3.8) is 0 Å². The molecule has 0 bridgehead atoms. The van der Waals surface area contributed by atoms with Crippen molar-refractivity contribution in [1.29, 1.82) is 0 Å². The van der Waals surface area contributed by atoms with Gasteiger partial charge in [-0.05, 0) is 35.9 Å². The van der Waals surface area contributed by atoms with Gasteiger partial charge in [0, 0.05) is 75.0 Å². The van der Waals surface area contributed by atoms with Gasteiger partial charge in [0.25, 0.3) is 0 Å². The molecule has 2 radical (unpaired) electrons. The molecule has 166 valence electrons. The highest BCUT2D eigenvalue weighted by Crippen LogP contribution is 2.27. The van der Waals surface area contributed by atoms with Crippen molar-refractivity contribution in [3.05, 3.63) is 79.3 Å². The van der Waals surface area contributed by atoms with Crippen LogP contribution in [0.3, 0.4) is 0 Å². The molecule has 1 aliphatic rings. The fourth-order valence-corrected chi connectivity index (χ4v) is 4.52. The van der Waals surface area contributed by atoms with Gasteiger partial charge in [-0.3, -0.25) is 9.88 Å². The number of aromatic nitrogens is 6. The van der Waals surface area contributed by atoms with Gasteiger partial charge in [-0.25, -0.2) is 15.0 Å². The monoisotopic (exact) mass is 446 g/mol. The normalized spacial score (nSPS) is 14.6. The summed E-state index contributed by atoms with van der Waals surface area (Å²) in [4.78, 5) is 25.9. The highest BCUT2D eigenvalue weighted by Gasteiger charge is 2.22. The molecule has 1 aromatic carbocycles. The number of benzene rings is 1. The number of hydrogen-bond donors (Lipinski definition) is 1. The van der Waals surface area contributed by atoms with Gasteiger partial charge in [-0.1, -0.05) is 11.5 Å². The van der Waals surface area contributed by atoms with E-state index in [2.05, 4.69) is 35.8 Å². The first-order valence-corrected chi connectivity index (χ1v) is 11.3. The molecule has 0 atom stereocenters. The number of imidazole rings is 2. The number of pyridine rings is 2. The first-order valence-electron chi connectivity index (χ1n) is 11.3. The summed E-state index contributed by atoms with van der Waals surface area (Å²) in [6.45, 7) is 4.59. The Labute approximate surface area is 198 Å². The fourth-order valence-electron chi connectivity index (χ4n) is 4.52. The molecule has 1 N–H and O–H groups in total. The lowest BCUT2D eigenvalue weighted by molar-refractivity contribution is 0.250. The Bertz CT molecular complexity index is 1390. The summed E-state index contributed by atoms with van der Waals surface area (Å²) in [7, 11) is 6.42. The molecule has 6 rings (SSSR count). The van der Waals surface area contributed by atoms with Crippen LogP contribution in [0.25, 0.3) is 28.2 Å². The van der Waals surface area contributed by atoms with Gasteiger partial charge in [0.15, 0.2) is 5.65 Å². The molecule has 1 fully saturated rings. The zero-order valence-corrected chi connectivity index (χ0v) is 18.7. The van der Waals surface area contributed by atoms with Crippen LogP contribution in [0, 0.1) is 0 Å². The Morgan fingerprint density at radius 3 is 2.53 bits per heavy atom. The van der Waals surface area contributed by atoms with E-state index in [0.717, 1.165) is 61.0 Å². The maximum atomic E-state index is 6.42. The molecule has 0 saturated carbocycles. The third kappa shape index (κ3) is 3.95. The van der Waals surface area contributed by atoms with Crippen LogP contribution in [0.15, 0.2) is 73.7 Å². The van der Waals surface area contributed by atoms with Crippen molar-refractivity contribution in [3.8, 4) is 17.1 Å². The highest BCUT2D eigenvalue weighted by molar-refractivity contribution is 6.37. The van der Waals surface area contributed by atoms with Crippen molar-refractivity contribution in [2.24, 2.45) is 0 Å². The van der Waals surface area contributed by atoms with Crippen molar-refractivity contribution >= 4 is 30.2 Å². The number of fused-ring (bicyclic) bond motifs is 1. The predicted octanol–water partition coefficient (Wildman–Crippen LogP) is 2.32. The number of H-pyrrole nitrogens is 1. The second-order valence-corrected chi connectivity index (χ2v) is 8.49. The topological polar surface area (TPSA) is 78.8 Å². The van der Waals surface area contributed by atoms with E-state index >= 15 is 0 Å². The number of nitrogens with one attached hydrogen (secondary N) is 1. The number of anilines is 1. The number of piperazine rings is 1. The van der Waals surface area contributed by atoms with E-state index < -0.39 is 0 Å². The average Bonchev–Trinajstić information content (AvgIpc) is 3.56. The molecule has 1 aliphatic heterocycles. The van der Waals surface area contributed by atoms with Gasteiger partial charge >= 0.3 is 0 Å². The van der Waals surface area contributed by atoms with Crippen LogP contribution >= 0.6 is 0 Å². The molecule has 5 heterocycles. The largest absolute Gasteiger partial charge is 0.368 e. The molecular weight excluding hydrogens is 423 g/mol. The van der Waals surface area contributed by atoms with Crippen molar-refractivity contribution in [1.82, 2.24) is 34.4 Å². The Morgan fingerprint density at radius 2 is 1.79 bits per heavy atom. The molecule has 9 heteroatoms. The van der Waals surface area contributed by atoms with Gasteiger partial charge in [-0.15, -0.1) is 0 Å². The Kier molecular flexibility index (Phi) is 5.31. The van der Waals surface area contributed by atoms with E-state index in [0.29, 0.717) is 11.1 Å².